The molecule has 0 unspecified atom stereocenters. The van der Waals surface area contributed by atoms with Gasteiger partial charge in [0.15, 0.2) is 0 Å². The second-order valence-electron chi connectivity index (χ2n) is 21.4. The molecule has 0 heterocycles. The van der Waals surface area contributed by atoms with Crippen molar-refractivity contribution in [1.82, 2.24) is 0 Å². The zero-order valence-corrected chi connectivity index (χ0v) is 54.4. The number of benzene rings is 9. The molecule has 512 valence electrons. The van der Waals surface area contributed by atoms with E-state index in [1.54, 1.807) is 42.5 Å². The fourth-order valence-electron chi connectivity index (χ4n) is 10.1. The lowest BCUT2D eigenvalue weighted by Crippen LogP contribution is -2.16. The van der Waals surface area contributed by atoms with Gasteiger partial charge in [0.1, 0.15) is 0 Å². The molecule has 0 aliphatic heterocycles. The Labute approximate surface area is 552 Å². The second kappa shape index (κ2) is 31.0. The number of carboxylic acids is 1. The summed E-state index contributed by atoms with van der Waals surface area (Å²) in [6, 6.07) is 41.4. The minimum absolute atomic E-state index is 0.0369. The summed E-state index contributed by atoms with van der Waals surface area (Å²) in [7, 11) is -11.6. The molecule has 9 aromatic rings. The third-order valence-corrected chi connectivity index (χ3v) is 17.8. The van der Waals surface area contributed by atoms with E-state index in [9.17, 15) is 84.3 Å². The number of aliphatic hydroxyl groups is 1. The average molecular weight is 1410 g/mol. The topological polar surface area (TPSA) is 322 Å². The van der Waals surface area contributed by atoms with Gasteiger partial charge in [0, 0.05) is 28.2 Å². The average Bonchev–Trinajstić information content (AvgIpc) is 0.811. The zero-order chi connectivity index (χ0) is 72.3. The first-order valence-corrected chi connectivity index (χ1v) is 33.2. The molecule has 0 saturated heterocycles. The van der Waals surface area contributed by atoms with E-state index in [2.05, 4.69) is 10.6 Å². The van der Waals surface area contributed by atoms with Gasteiger partial charge in [-0.2, -0.15) is 39.5 Å². The van der Waals surface area contributed by atoms with Crippen LogP contribution in [0.3, 0.4) is 0 Å². The van der Waals surface area contributed by atoms with Crippen molar-refractivity contribution in [2.45, 2.75) is 87.3 Å². The summed E-state index contributed by atoms with van der Waals surface area (Å²) < 4.78 is 188. The molecule has 2 amide bonds. The zero-order valence-electron chi connectivity index (χ0n) is 51.9. The summed E-state index contributed by atoms with van der Waals surface area (Å²) in [5.41, 5.74) is 9.13. The molecular weight excluding hydrogens is 1340 g/mol. The number of carbonyl (C=O) groups excluding carboxylic acids is 2. The van der Waals surface area contributed by atoms with Gasteiger partial charge in [-0.05, 0) is 210 Å². The van der Waals surface area contributed by atoms with Crippen molar-refractivity contribution < 1.29 is 89.4 Å². The van der Waals surface area contributed by atoms with Crippen LogP contribution >= 0.6 is 0 Å². The number of hydrogen-bond acceptors (Lipinski definition) is 11. The van der Waals surface area contributed by atoms with Crippen LogP contribution in [-0.4, -0.2) is 53.3 Å². The summed E-state index contributed by atoms with van der Waals surface area (Å²) >= 11 is 0. The number of aromatic carboxylic acids is 1. The van der Waals surface area contributed by atoms with Gasteiger partial charge in [-0.1, -0.05) is 86.6 Å². The molecule has 0 radical (unpaired) electrons. The molecule has 0 saturated carbocycles. The van der Waals surface area contributed by atoms with E-state index in [4.69, 9.17) is 26.3 Å². The standard InChI is InChI=1S/C23H21F3N2O3S.C22H19F3N2O4S.C15H14F3N.C8H9NO4S/c1-3-15-13-17(9-10-18(15)19-6-4-5-7-20(19)23(24,25)26)28-22(29)16-8-11-21(14(2)12-16)32(27,30)31;1-13-10-14(6-9-20(13)32(26,30)31)21(29)27-16-7-8-17(15(11-16)12-28)18-4-2-3-5-19(18)22(23,24)25;1-2-10-9-11(19)7-8-12(10)13-5-3-4-6-14(13)15(16,17)18;1-5-4-6(8(10)11)2-3-7(5)14(9,12)13/h4-13H,3H2,1-2H3,(H,28,29)(H2,27,30,31);2-11,28H,12H2,1H3,(H,27,29)(H2,26,30,31);3-9H,2,19H2,1H3;2-4H,1H3,(H,10,11)(H2,9,12,13). The number of alkyl halides is 9. The number of hydrogen-bond donors (Lipinski definition) is 8. The third-order valence-electron chi connectivity index (χ3n) is 14.6. The molecule has 0 spiro atoms. The predicted molar refractivity (Wildman–Crippen MR) is 350 cm³/mol. The molecule has 0 aliphatic carbocycles. The SMILES string of the molecule is CCc1cc(N)ccc1-c1ccccc1C(F)(F)F.CCc1cc(NC(=O)c2ccc(S(N)(=O)=O)c(C)c2)ccc1-c1ccccc1C(F)(F)F.Cc1cc(C(=O)Nc2ccc(-c3ccccc3C(F)(F)F)c(CO)c2)ccc1S(N)(=O)=O.Cc1cc(C(=O)O)ccc1S(N)(=O)=O. The highest BCUT2D eigenvalue weighted by Gasteiger charge is 2.36. The van der Waals surface area contributed by atoms with Crippen LogP contribution in [0, 0.1) is 20.8 Å². The Morgan fingerprint density at radius 1 is 0.402 bits per heavy atom. The van der Waals surface area contributed by atoms with Gasteiger partial charge in [0.05, 0.1) is 43.5 Å². The Kier molecular flexibility index (Phi) is 24.4. The molecule has 12 N–H and O–H groups in total. The molecule has 9 rings (SSSR count). The predicted octanol–water partition coefficient (Wildman–Crippen LogP) is 14.1. The van der Waals surface area contributed by atoms with Crippen LogP contribution in [-0.2, 0) is 68.0 Å². The van der Waals surface area contributed by atoms with Crippen molar-refractivity contribution >= 4 is 64.9 Å². The molecule has 0 bridgehead atoms. The number of anilines is 3. The highest BCUT2D eigenvalue weighted by Crippen LogP contribution is 2.42. The number of nitrogens with two attached hydrogens (primary N) is 4. The Balaban J connectivity index is 0.000000214. The summed E-state index contributed by atoms with van der Waals surface area (Å²) in [6.07, 6.45) is -12.3. The van der Waals surface area contributed by atoms with Gasteiger partial charge in [0.2, 0.25) is 30.1 Å². The number of halogens is 9. The fraction of sp³-hybridized carbons (Fsp3) is 0.162. The molecular formula is C68H63F9N6O11S3. The van der Waals surface area contributed by atoms with Crippen LogP contribution in [0.25, 0.3) is 33.4 Å². The quantitative estimate of drug-likeness (QED) is 0.0372. The van der Waals surface area contributed by atoms with E-state index in [1.165, 1.54) is 142 Å². The van der Waals surface area contributed by atoms with E-state index in [0.717, 1.165) is 23.8 Å². The first kappa shape index (κ1) is 76.3. The van der Waals surface area contributed by atoms with Crippen LogP contribution < -0.4 is 31.8 Å². The number of amides is 2. The molecule has 29 heteroatoms. The van der Waals surface area contributed by atoms with Crippen molar-refractivity contribution in [1.29, 1.82) is 0 Å². The monoisotopic (exact) mass is 1410 g/mol. The summed E-state index contributed by atoms with van der Waals surface area (Å²) in [6.45, 7) is 7.68. The van der Waals surface area contributed by atoms with Gasteiger partial charge in [-0.3, -0.25) is 9.59 Å². The van der Waals surface area contributed by atoms with E-state index in [0.29, 0.717) is 52.0 Å². The number of rotatable bonds is 14. The van der Waals surface area contributed by atoms with E-state index >= 15 is 0 Å². The molecule has 97 heavy (non-hydrogen) atoms. The summed E-state index contributed by atoms with van der Waals surface area (Å²) in [5, 5.41) is 38.8. The molecule has 9 aromatic carbocycles. The lowest BCUT2D eigenvalue weighted by Gasteiger charge is -2.16. The van der Waals surface area contributed by atoms with Crippen LogP contribution in [0.5, 0.6) is 0 Å². The van der Waals surface area contributed by atoms with Gasteiger partial charge in [0.25, 0.3) is 11.8 Å². The lowest BCUT2D eigenvalue weighted by atomic mass is 9.93. The van der Waals surface area contributed by atoms with E-state index in [1.807, 2.05) is 13.8 Å². The second-order valence-corrected chi connectivity index (χ2v) is 26.0. The third kappa shape index (κ3) is 19.9. The highest BCUT2D eigenvalue weighted by molar-refractivity contribution is 7.89. The van der Waals surface area contributed by atoms with Gasteiger partial charge >= 0.3 is 24.5 Å². The van der Waals surface area contributed by atoms with Gasteiger partial charge < -0.3 is 26.6 Å². The minimum atomic E-state index is -4.57. The van der Waals surface area contributed by atoms with Crippen molar-refractivity contribution in [3.8, 4) is 33.4 Å². The smallest absolute Gasteiger partial charge is 0.417 e. The molecule has 0 aromatic heterocycles. The number of nitrogen functional groups attached to an aromatic ring is 1. The molecule has 0 aliphatic rings. The summed E-state index contributed by atoms with van der Waals surface area (Å²) in [5.74, 6) is -2.16. The minimum Gasteiger partial charge on any atom is -0.478 e. The number of primary sulfonamides is 3. The van der Waals surface area contributed by atoms with Gasteiger partial charge in [-0.15, -0.1) is 0 Å². The first-order valence-electron chi connectivity index (χ1n) is 28.6. The summed E-state index contributed by atoms with van der Waals surface area (Å²) in [4.78, 5) is 35.5. The lowest BCUT2D eigenvalue weighted by molar-refractivity contribution is -0.137. The number of aliphatic hydroxyl groups excluding tert-OH is 1. The number of carboxylic acid groups (broad SMARTS) is 1. The first-order chi connectivity index (χ1) is 45.1. The van der Waals surface area contributed by atoms with Crippen LogP contribution in [0.1, 0.15) is 95.0 Å². The van der Waals surface area contributed by atoms with Crippen molar-refractivity contribution in [3.05, 3.63) is 249 Å². The molecule has 17 nitrogen and oxygen atoms in total. The maximum absolute atomic E-state index is 13.4. The number of carbonyl (C=O) groups is 3. The Bertz CT molecular complexity index is 4600. The Hall–Kier alpha value is -9.75. The maximum Gasteiger partial charge on any atom is 0.417 e. The van der Waals surface area contributed by atoms with Crippen LogP contribution in [0.2, 0.25) is 0 Å². The Morgan fingerprint density at radius 3 is 1.01 bits per heavy atom. The number of nitrogens with one attached hydrogen (secondary N) is 2. The molecule has 0 fully saturated rings. The van der Waals surface area contributed by atoms with Crippen molar-refractivity contribution in [2.75, 3.05) is 16.4 Å². The van der Waals surface area contributed by atoms with E-state index < -0.39 is 89.7 Å². The van der Waals surface area contributed by atoms with Crippen LogP contribution in [0.4, 0.5) is 56.6 Å². The number of sulfonamides is 3. The normalized spacial score (nSPS) is 11.8. The highest BCUT2D eigenvalue weighted by atomic mass is 32.2. The maximum atomic E-state index is 13.4. The Morgan fingerprint density at radius 2 is 0.701 bits per heavy atom. The van der Waals surface area contributed by atoms with E-state index in [-0.39, 0.29) is 70.4 Å². The number of aryl methyl sites for hydroxylation is 5. The fourth-order valence-corrected chi connectivity index (χ4v) is 12.4. The van der Waals surface area contributed by atoms with Crippen molar-refractivity contribution in [2.24, 2.45) is 15.4 Å². The van der Waals surface area contributed by atoms with Gasteiger partial charge in [-0.25, -0.2) is 45.5 Å². The van der Waals surface area contributed by atoms with Crippen LogP contribution in [0.15, 0.2) is 197 Å². The van der Waals surface area contributed by atoms with Crippen molar-refractivity contribution in [3.63, 3.8) is 0 Å². The molecule has 0 atom stereocenters. The largest absolute Gasteiger partial charge is 0.478 e.